The Balaban J connectivity index is 2.18. The molecule has 0 radical (unpaired) electrons. The summed E-state index contributed by atoms with van der Waals surface area (Å²) in [7, 11) is 2.21. The first-order valence-electron chi connectivity index (χ1n) is 8.00. The molecule has 21 heavy (non-hydrogen) atoms. The molecule has 1 aliphatic rings. The molecule has 1 N–H and O–H groups in total. The molecular formula is C17H30N4. The first-order valence-corrected chi connectivity index (χ1v) is 8.00. The van der Waals surface area contributed by atoms with E-state index in [1.807, 2.05) is 12.4 Å². The molecular weight excluding hydrogens is 260 g/mol. The lowest BCUT2D eigenvalue weighted by atomic mass is 10.1. The standard InChI is InChI=1S/C17H30N4/c1-14-13-20(5)9-6-10-21(14)16-12-18-8-7-15(16)11-19-17(2,3)4/h7-8,12,14,19H,6,9-11,13H2,1-5H3. The highest BCUT2D eigenvalue weighted by atomic mass is 15.2. The molecule has 1 fully saturated rings. The Hall–Kier alpha value is -1.13. The Morgan fingerprint density at radius 1 is 1.33 bits per heavy atom. The number of nitrogens with one attached hydrogen (secondary N) is 1. The summed E-state index contributed by atoms with van der Waals surface area (Å²) < 4.78 is 0. The van der Waals surface area contributed by atoms with Crippen LogP contribution >= 0.6 is 0 Å². The first-order chi connectivity index (χ1) is 9.87. The van der Waals surface area contributed by atoms with Crippen molar-refractivity contribution in [2.75, 3.05) is 31.6 Å². The van der Waals surface area contributed by atoms with Crippen LogP contribution in [0.15, 0.2) is 18.5 Å². The van der Waals surface area contributed by atoms with Crippen molar-refractivity contribution in [3.8, 4) is 0 Å². The molecule has 1 atom stereocenters. The van der Waals surface area contributed by atoms with Crippen LogP contribution in [0.4, 0.5) is 5.69 Å². The zero-order chi connectivity index (χ0) is 15.5. The molecule has 0 aromatic carbocycles. The SMILES string of the molecule is CC1CN(C)CCCN1c1cnccc1CNC(C)(C)C. The van der Waals surface area contributed by atoms with Crippen molar-refractivity contribution in [3.05, 3.63) is 24.0 Å². The van der Waals surface area contributed by atoms with Crippen LogP contribution < -0.4 is 10.2 Å². The molecule has 0 spiro atoms. The molecule has 4 heteroatoms. The normalized spacial score (nSPS) is 21.4. The molecule has 1 unspecified atom stereocenters. The molecule has 1 aromatic rings. The number of likely N-dealkylation sites (N-methyl/N-ethyl adjacent to an activating group) is 1. The van der Waals surface area contributed by atoms with Gasteiger partial charge in [-0.1, -0.05) is 0 Å². The summed E-state index contributed by atoms with van der Waals surface area (Å²) in [6, 6.07) is 2.67. The van der Waals surface area contributed by atoms with Gasteiger partial charge in [0.05, 0.1) is 11.9 Å². The minimum Gasteiger partial charge on any atom is -0.366 e. The van der Waals surface area contributed by atoms with Gasteiger partial charge in [0.25, 0.3) is 0 Å². The summed E-state index contributed by atoms with van der Waals surface area (Å²) in [5.74, 6) is 0. The van der Waals surface area contributed by atoms with E-state index in [-0.39, 0.29) is 5.54 Å². The van der Waals surface area contributed by atoms with E-state index < -0.39 is 0 Å². The van der Waals surface area contributed by atoms with Crippen molar-refractivity contribution >= 4 is 5.69 Å². The van der Waals surface area contributed by atoms with Crippen molar-refractivity contribution < 1.29 is 0 Å². The molecule has 1 aliphatic heterocycles. The number of pyridine rings is 1. The molecule has 1 saturated heterocycles. The molecule has 2 heterocycles. The maximum Gasteiger partial charge on any atom is 0.0601 e. The highest BCUT2D eigenvalue weighted by molar-refractivity contribution is 5.52. The van der Waals surface area contributed by atoms with Crippen LogP contribution in [0, 0.1) is 0 Å². The van der Waals surface area contributed by atoms with Crippen molar-refractivity contribution in [1.82, 2.24) is 15.2 Å². The minimum absolute atomic E-state index is 0.130. The number of rotatable bonds is 3. The van der Waals surface area contributed by atoms with Gasteiger partial charge in [0.2, 0.25) is 0 Å². The van der Waals surface area contributed by atoms with Gasteiger partial charge in [0.1, 0.15) is 0 Å². The smallest absolute Gasteiger partial charge is 0.0601 e. The van der Waals surface area contributed by atoms with E-state index in [1.54, 1.807) is 0 Å². The Labute approximate surface area is 129 Å². The van der Waals surface area contributed by atoms with Crippen molar-refractivity contribution in [1.29, 1.82) is 0 Å². The van der Waals surface area contributed by atoms with Gasteiger partial charge in [-0.25, -0.2) is 0 Å². The Bertz CT molecular complexity index is 452. The van der Waals surface area contributed by atoms with Gasteiger partial charge >= 0.3 is 0 Å². The number of nitrogens with zero attached hydrogens (tertiary/aromatic N) is 3. The lowest BCUT2D eigenvalue weighted by molar-refractivity contribution is 0.337. The summed E-state index contributed by atoms with van der Waals surface area (Å²) in [5.41, 5.74) is 2.76. The Kier molecular flexibility index (Phi) is 5.22. The predicted molar refractivity (Wildman–Crippen MR) is 89.8 cm³/mol. The largest absolute Gasteiger partial charge is 0.366 e. The monoisotopic (exact) mass is 290 g/mol. The average Bonchev–Trinajstić information content (AvgIpc) is 2.56. The second kappa shape index (κ2) is 6.75. The van der Waals surface area contributed by atoms with E-state index in [0.29, 0.717) is 6.04 Å². The molecule has 0 amide bonds. The molecule has 4 nitrogen and oxygen atoms in total. The maximum absolute atomic E-state index is 4.37. The highest BCUT2D eigenvalue weighted by Gasteiger charge is 2.22. The maximum atomic E-state index is 4.37. The van der Waals surface area contributed by atoms with Gasteiger partial charge in [-0.15, -0.1) is 0 Å². The lowest BCUT2D eigenvalue weighted by Crippen LogP contribution is -2.39. The molecule has 1 aromatic heterocycles. The summed E-state index contributed by atoms with van der Waals surface area (Å²) in [5, 5.41) is 3.59. The molecule has 0 bridgehead atoms. The quantitative estimate of drug-likeness (QED) is 0.927. The number of hydrogen-bond acceptors (Lipinski definition) is 4. The molecule has 118 valence electrons. The zero-order valence-corrected chi connectivity index (χ0v) is 14.2. The van der Waals surface area contributed by atoms with Gasteiger partial charge < -0.3 is 15.1 Å². The van der Waals surface area contributed by atoms with E-state index in [0.717, 1.165) is 19.6 Å². The van der Waals surface area contributed by atoms with Crippen molar-refractivity contribution in [3.63, 3.8) is 0 Å². The molecule has 0 aliphatic carbocycles. The van der Waals surface area contributed by atoms with Gasteiger partial charge in [0.15, 0.2) is 0 Å². The van der Waals surface area contributed by atoms with Gasteiger partial charge in [-0.3, -0.25) is 4.98 Å². The fourth-order valence-electron chi connectivity index (χ4n) is 2.91. The lowest BCUT2D eigenvalue weighted by Gasteiger charge is -2.32. The van der Waals surface area contributed by atoms with Crippen LogP contribution in [0.25, 0.3) is 0 Å². The highest BCUT2D eigenvalue weighted by Crippen LogP contribution is 2.24. The summed E-state index contributed by atoms with van der Waals surface area (Å²) in [6.45, 7) is 13.2. The predicted octanol–water partition coefficient (Wildman–Crippen LogP) is 2.50. The van der Waals surface area contributed by atoms with Crippen LogP contribution in [0.1, 0.15) is 39.7 Å². The number of anilines is 1. The first kappa shape index (κ1) is 16.2. The zero-order valence-electron chi connectivity index (χ0n) is 14.2. The van der Waals surface area contributed by atoms with E-state index >= 15 is 0 Å². The Morgan fingerprint density at radius 3 is 2.81 bits per heavy atom. The van der Waals surface area contributed by atoms with E-state index in [4.69, 9.17) is 0 Å². The van der Waals surface area contributed by atoms with Crippen molar-refractivity contribution in [2.45, 2.75) is 52.2 Å². The van der Waals surface area contributed by atoms with Crippen molar-refractivity contribution in [2.24, 2.45) is 0 Å². The summed E-state index contributed by atoms with van der Waals surface area (Å²) in [6.07, 6.45) is 5.14. The minimum atomic E-state index is 0.130. The van der Waals surface area contributed by atoms with Gasteiger partial charge in [-0.05, 0) is 59.3 Å². The molecule has 2 rings (SSSR count). The van der Waals surface area contributed by atoms with E-state index in [1.165, 1.54) is 24.2 Å². The van der Waals surface area contributed by atoms with Crippen LogP contribution in [-0.4, -0.2) is 48.1 Å². The third-order valence-corrected chi connectivity index (χ3v) is 4.05. The van der Waals surface area contributed by atoms with Crippen LogP contribution in [0.5, 0.6) is 0 Å². The van der Waals surface area contributed by atoms with E-state index in [9.17, 15) is 0 Å². The third-order valence-electron chi connectivity index (χ3n) is 4.05. The fourth-order valence-corrected chi connectivity index (χ4v) is 2.91. The fraction of sp³-hybridized carbons (Fsp3) is 0.706. The summed E-state index contributed by atoms with van der Waals surface area (Å²) >= 11 is 0. The van der Waals surface area contributed by atoms with E-state index in [2.05, 4.69) is 60.9 Å². The number of hydrogen-bond donors (Lipinski definition) is 1. The topological polar surface area (TPSA) is 31.4 Å². The third kappa shape index (κ3) is 4.68. The van der Waals surface area contributed by atoms with Gasteiger partial charge in [-0.2, -0.15) is 0 Å². The van der Waals surface area contributed by atoms with Crippen LogP contribution in [0.3, 0.4) is 0 Å². The number of aromatic nitrogens is 1. The second-order valence-electron chi connectivity index (χ2n) is 7.27. The Morgan fingerprint density at radius 2 is 2.10 bits per heavy atom. The second-order valence-corrected chi connectivity index (χ2v) is 7.27. The molecule has 0 saturated carbocycles. The van der Waals surface area contributed by atoms with Crippen LogP contribution in [-0.2, 0) is 6.54 Å². The van der Waals surface area contributed by atoms with Gasteiger partial charge in [0, 0.05) is 37.4 Å². The summed E-state index contributed by atoms with van der Waals surface area (Å²) in [4.78, 5) is 9.31. The van der Waals surface area contributed by atoms with Crippen LogP contribution in [0.2, 0.25) is 0 Å². The average molecular weight is 290 g/mol.